The standard InChI is InChI=1S/C10H5FIN3/c11-9-2-1-8(3-10(9)12)15-6-7(4-13)5-14/h1-3,6,15H. The molecule has 0 amide bonds. The summed E-state index contributed by atoms with van der Waals surface area (Å²) in [6, 6.07) is 7.85. The number of hydrogen-bond acceptors (Lipinski definition) is 3. The molecule has 1 N–H and O–H groups in total. The minimum Gasteiger partial charge on any atom is -0.360 e. The number of nitriles is 2. The Hall–Kier alpha value is -1.60. The Morgan fingerprint density at radius 3 is 2.60 bits per heavy atom. The molecule has 0 aliphatic rings. The van der Waals surface area contributed by atoms with E-state index in [-0.39, 0.29) is 11.4 Å². The van der Waals surface area contributed by atoms with Crippen molar-refractivity contribution >= 4 is 28.3 Å². The van der Waals surface area contributed by atoms with Crippen LogP contribution < -0.4 is 5.32 Å². The molecule has 0 radical (unpaired) electrons. The number of halogens is 2. The lowest BCUT2D eigenvalue weighted by atomic mass is 10.3. The van der Waals surface area contributed by atoms with Crippen molar-refractivity contribution in [1.82, 2.24) is 0 Å². The minimum absolute atomic E-state index is 0.0330. The molecule has 15 heavy (non-hydrogen) atoms. The first-order valence-corrected chi connectivity index (χ1v) is 4.97. The number of benzene rings is 1. The van der Waals surface area contributed by atoms with E-state index in [0.717, 1.165) is 0 Å². The number of hydrogen-bond donors (Lipinski definition) is 1. The molecule has 0 aliphatic heterocycles. The van der Waals surface area contributed by atoms with Crippen LogP contribution in [0.25, 0.3) is 0 Å². The van der Waals surface area contributed by atoms with Gasteiger partial charge in [-0.1, -0.05) is 0 Å². The van der Waals surface area contributed by atoms with Crippen molar-refractivity contribution in [2.24, 2.45) is 0 Å². The average molecular weight is 313 g/mol. The molecule has 3 nitrogen and oxygen atoms in total. The van der Waals surface area contributed by atoms with Crippen LogP contribution in [0.3, 0.4) is 0 Å². The smallest absolute Gasteiger partial charge is 0.145 e. The van der Waals surface area contributed by atoms with E-state index in [4.69, 9.17) is 10.5 Å². The summed E-state index contributed by atoms with van der Waals surface area (Å²) < 4.78 is 13.3. The Labute approximate surface area is 100.0 Å². The third-order valence-electron chi connectivity index (χ3n) is 1.54. The summed E-state index contributed by atoms with van der Waals surface area (Å²) in [6.45, 7) is 0. The molecule has 5 heteroatoms. The average Bonchev–Trinajstić information content (AvgIpc) is 2.24. The second-order valence-electron chi connectivity index (χ2n) is 2.55. The summed E-state index contributed by atoms with van der Waals surface area (Å²) >= 11 is 1.86. The molecule has 0 spiro atoms. The highest BCUT2D eigenvalue weighted by Gasteiger charge is 1.99. The molecule has 0 bridgehead atoms. The molecule has 0 fully saturated rings. The van der Waals surface area contributed by atoms with Gasteiger partial charge in [-0.3, -0.25) is 0 Å². The van der Waals surface area contributed by atoms with Crippen LogP contribution in [0.5, 0.6) is 0 Å². The number of allylic oxidation sites excluding steroid dienone is 1. The van der Waals surface area contributed by atoms with E-state index in [0.29, 0.717) is 9.26 Å². The van der Waals surface area contributed by atoms with Crippen LogP contribution in [0, 0.1) is 32.0 Å². The zero-order chi connectivity index (χ0) is 11.3. The first-order chi connectivity index (χ1) is 7.17. The van der Waals surface area contributed by atoms with Crippen molar-refractivity contribution in [3.05, 3.63) is 39.4 Å². The van der Waals surface area contributed by atoms with Gasteiger partial charge in [-0.2, -0.15) is 10.5 Å². The van der Waals surface area contributed by atoms with Gasteiger partial charge >= 0.3 is 0 Å². The van der Waals surface area contributed by atoms with Crippen LogP contribution in [-0.4, -0.2) is 0 Å². The Bertz CT molecular complexity index is 466. The fraction of sp³-hybridized carbons (Fsp3) is 0. The van der Waals surface area contributed by atoms with Crippen molar-refractivity contribution in [3.8, 4) is 12.1 Å². The molecular weight excluding hydrogens is 308 g/mol. The van der Waals surface area contributed by atoms with Crippen molar-refractivity contribution in [2.45, 2.75) is 0 Å². The summed E-state index contributed by atoms with van der Waals surface area (Å²) in [4.78, 5) is 0. The predicted molar refractivity (Wildman–Crippen MR) is 62.0 cm³/mol. The highest BCUT2D eigenvalue weighted by Crippen LogP contribution is 2.16. The first-order valence-electron chi connectivity index (χ1n) is 3.89. The SMILES string of the molecule is N#CC(C#N)=CNc1ccc(F)c(I)c1. The van der Waals surface area contributed by atoms with Gasteiger partial charge in [-0.25, -0.2) is 4.39 Å². The molecule has 1 aromatic rings. The molecular formula is C10H5FIN3. The molecule has 0 aromatic heterocycles. The van der Waals surface area contributed by atoms with Crippen molar-refractivity contribution in [3.63, 3.8) is 0 Å². The Morgan fingerprint density at radius 1 is 1.40 bits per heavy atom. The maximum Gasteiger partial charge on any atom is 0.145 e. The van der Waals surface area contributed by atoms with Crippen LogP contribution in [0.4, 0.5) is 10.1 Å². The van der Waals surface area contributed by atoms with Gasteiger partial charge in [0.25, 0.3) is 0 Å². The lowest BCUT2D eigenvalue weighted by Gasteiger charge is -2.01. The van der Waals surface area contributed by atoms with E-state index in [1.54, 1.807) is 18.2 Å². The highest BCUT2D eigenvalue weighted by molar-refractivity contribution is 14.1. The van der Waals surface area contributed by atoms with Crippen LogP contribution in [0.15, 0.2) is 30.0 Å². The molecule has 0 saturated carbocycles. The Balaban J connectivity index is 2.84. The lowest BCUT2D eigenvalue weighted by Crippen LogP contribution is -1.91. The van der Waals surface area contributed by atoms with Crippen LogP contribution in [-0.2, 0) is 0 Å². The highest BCUT2D eigenvalue weighted by atomic mass is 127. The zero-order valence-electron chi connectivity index (χ0n) is 7.46. The maximum atomic E-state index is 12.9. The Kier molecular flexibility index (Phi) is 4.07. The van der Waals surface area contributed by atoms with E-state index in [9.17, 15) is 4.39 Å². The van der Waals surface area contributed by atoms with E-state index in [1.807, 2.05) is 22.6 Å². The maximum absolute atomic E-state index is 12.9. The summed E-state index contributed by atoms with van der Waals surface area (Å²) in [5, 5.41) is 19.7. The van der Waals surface area contributed by atoms with Crippen LogP contribution in [0.1, 0.15) is 0 Å². The van der Waals surface area contributed by atoms with Crippen LogP contribution >= 0.6 is 22.6 Å². The molecule has 1 rings (SSSR count). The van der Waals surface area contributed by atoms with E-state index in [2.05, 4.69) is 5.32 Å². The van der Waals surface area contributed by atoms with Gasteiger partial charge in [-0.15, -0.1) is 0 Å². The minimum atomic E-state index is -0.300. The van der Waals surface area contributed by atoms with Gasteiger partial charge < -0.3 is 5.32 Å². The van der Waals surface area contributed by atoms with Gasteiger partial charge in [0, 0.05) is 11.9 Å². The quantitative estimate of drug-likeness (QED) is 0.675. The molecule has 0 aliphatic carbocycles. The normalized spacial score (nSPS) is 8.53. The monoisotopic (exact) mass is 313 g/mol. The van der Waals surface area contributed by atoms with Crippen molar-refractivity contribution < 1.29 is 4.39 Å². The largest absolute Gasteiger partial charge is 0.360 e. The molecule has 74 valence electrons. The number of anilines is 1. The topological polar surface area (TPSA) is 59.6 Å². The molecule has 0 saturated heterocycles. The summed E-state index contributed by atoms with van der Waals surface area (Å²) in [6.07, 6.45) is 1.28. The third-order valence-corrected chi connectivity index (χ3v) is 2.37. The van der Waals surface area contributed by atoms with Gasteiger partial charge in [0.1, 0.15) is 23.5 Å². The van der Waals surface area contributed by atoms with Gasteiger partial charge in [-0.05, 0) is 40.8 Å². The molecule has 0 atom stereocenters. The zero-order valence-corrected chi connectivity index (χ0v) is 9.62. The van der Waals surface area contributed by atoms with Gasteiger partial charge in [0.2, 0.25) is 0 Å². The fourth-order valence-corrected chi connectivity index (χ4v) is 1.35. The lowest BCUT2D eigenvalue weighted by molar-refractivity contribution is 0.620. The molecule has 1 aromatic carbocycles. The fourth-order valence-electron chi connectivity index (χ4n) is 0.831. The van der Waals surface area contributed by atoms with Crippen molar-refractivity contribution in [2.75, 3.05) is 5.32 Å². The number of nitrogens with one attached hydrogen (secondary N) is 1. The summed E-state index contributed by atoms with van der Waals surface area (Å²) in [5.41, 5.74) is 0.595. The van der Waals surface area contributed by atoms with E-state index < -0.39 is 0 Å². The van der Waals surface area contributed by atoms with Gasteiger partial charge in [0.15, 0.2) is 0 Å². The number of rotatable bonds is 2. The number of nitrogens with zero attached hydrogens (tertiary/aromatic N) is 2. The summed E-state index contributed by atoms with van der Waals surface area (Å²) in [5.74, 6) is -0.300. The summed E-state index contributed by atoms with van der Waals surface area (Å²) in [7, 11) is 0. The first kappa shape index (κ1) is 11.5. The second kappa shape index (κ2) is 5.32. The van der Waals surface area contributed by atoms with E-state index in [1.165, 1.54) is 18.3 Å². The van der Waals surface area contributed by atoms with E-state index >= 15 is 0 Å². The third kappa shape index (κ3) is 3.22. The molecule has 0 unspecified atom stereocenters. The second-order valence-corrected chi connectivity index (χ2v) is 3.72. The predicted octanol–water partition coefficient (Wildman–Crippen LogP) is 2.77. The van der Waals surface area contributed by atoms with Gasteiger partial charge in [0.05, 0.1) is 3.57 Å². The van der Waals surface area contributed by atoms with Crippen LogP contribution in [0.2, 0.25) is 0 Å². The Morgan fingerprint density at radius 2 is 2.07 bits per heavy atom. The molecule has 0 heterocycles. The van der Waals surface area contributed by atoms with Crippen molar-refractivity contribution in [1.29, 1.82) is 10.5 Å².